The highest BCUT2D eigenvalue weighted by Crippen LogP contribution is 2.53. The second-order valence-electron chi connectivity index (χ2n) is 8.13. The Morgan fingerprint density at radius 3 is 2.15 bits per heavy atom. The molecule has 0 saturated heterocycles. The molecule has 3 fully saturated rings. The highest BCUT2D eigenvalue weighted by atomic mass is 16.5. The maximum Gasteiger partial charge on any atom is 0.0581 e. The van der Waals surface area contributed by atoms with E-state index in [4.69, 9.17) is 4.74 Å². The predicted molar refractivity (Wildman–Crippen MR) is 84.7 cm³/mol. The summed E-state index contributed by atoms with van der Waals surface area (Å²) >= 11 is 0. The van der Waals surface area contributed by atoms with Crippen molar-refractivity contribution in [2.45, 2.75) is 90.8 Å². The van der Waals surface area contributed by atoms with Crippen LogP contribution in [0.3, 0.4) is 0 Å². The Morgan fingerprint density at radius 1 is 0.850 bits per heavy atom. The van der Waals surface area contributed by atoms with Gasteiger partial charge in [-0.3, -0.25) is 0 Å². The second-order valence-corrected chi connectivity index (χ2v) is 8.13. The predicted octanol–water partition coefficient (Wildman–Crippen LogP) is 5.43. The van der Waals surface area contributed by atoms with Crippen LogP contribution in [0, 0.1) is 29.6 Å². The lowest BCUT2D eigenvalue weighted by Gasteiger charge is -2.50. The number of hydrogen-bond donors (Lipinski definition) is 0. The molecule has 20 heavy (non-hydrogen) atoms. The largest absolute Gasteiger partial charge is 0.376 e. The van der Waals surface area contributed by atoms with Gasteiger partial charge in [0.15, 0.2) is 0 Å². The molecule has 0 N–H and O–H groups in total. The molecule has 0 heterocycles. The molecule has 0 aromatic carbocycles. The lowest BCUT2D eigenvalue weighted by molar-refractivity contribution is -0.0708. The van der Waals surface area contributed by atoms with Gasteiger partial charge in [-0.2, -0.15) is 0 Å². The van der Waals surface area contributed by atoms with Crippen molar-refractivity contribution in [1.82, 2.24) is 0 Å². The molecule has 0 spiro atoms. The first-order chi connectivity index (χ1) is 9.67. The van der Waals surface area contributed by atoms with Crippen LogP contribution in [0.25, 0.3) is 0 Å². The second kappa shape index (κ2) is 6.38. The fraction of sp³-hybridized carbons (Fsp3) is 1.00. The number of fused-ring (bicyclic) bond motifs is 3. The van der Waals surface area contributed by atoms with E-state index in [2.05, 4.69) is 20.8 Å². The summed E-state index contributed by atoms with van der Waals surface area (Å²) in [7, 11) is 0. The van der Waals surface area contributed by atoms with Gasteiger partial charge in [-0.05, 0) is 88.4 Å². The van der Waals surface area contributed by atoms with Crippen LogP contribution in [0.1, 0.15) is 78.6 Å². The van der Waals surface area contributed by atoms with E-state index >= 15 is 0 Å². The van der Waals surface area contributed by atoms with Crippen molar-refractivity contribution in [2.24, 2.45) is 29.6 Å². The summed E-state index contributed by atoms with van der Waals surface area (Å²) in [5.41, 5.74) is 0. The summed E-state index contributed by atoms with van der Waals surface area (Å²) < 4.78 is 6.11. The zero-order valence-corrected chi connectivity index (χ0v) is 13.8. The molecular formula is C19H34O. The number of rotatable bonds is 3. The maximum absolute atomic E-state index is 6.11. The Balaban J connectivity index is 1.59. The molecule has 6 atom stereocenters. The summed E-state index contributed by atoms with van der Waals surface area (Å²) in [5, 5.41) is 0. The van der Waals surface area contributed by atoms with E-state index in [-0.39, 0.29) is 0 Å². The molecule has 116 valence electrons. The van der Waals surface area contributed by atoms with Crippen molar-refractivity contribution in [1.29, 1.82) is 0 Å². The van der Waals surface area contributed by atoms with Crippen molar-refractivity contribution in [3.05, 3.63) is 0 Å². The smallest absolute Gasteiger partial charge is 0.0581 e. The lowest BCUT2D eigenvalue weighted by atomic mass is 9.56. The average Bonchev–Trinajstić information content (AvgIpc) is 2.45. The molecule has 3 aliphatic carbocycles. The average molecular weight is 278 g/mol. The van der Waals surface area contributed by atoms with E-state index < -0.39 is 0 Å². The van der Waals surface area contributed by atoms with Gasteiger partial charge >= 0.3 is 0 Å². The summed E-state index contributed by atoms with van der Waals surface area (Å²) in [4.78, 5) is 0. The van der Waals surface area contributed by atoms with Crippen molar-refractivity contribution < 1.29 is 4.74 Å². The first-order valence-corrected chi connectivity index (χ1v) is 9.32. The zero-order valence-electron chi connectivity index (χ0n) is 13.8. The third-order valence-electron chi connectivity index (χ3n) is 6.64. The number of ether oxygens (including phenoxy) is 1. The summed E-state index contributed by atoms with van der Waals surface area (Å²) in [6.07, 6.45) is 14.2. The van der Waals surface area contributed by atoms with E-state index in [0.29, 0.717) is 12.2 Å². The molecule has 0 aromatic rings. The van der Waals surface area contributed by atoms with E-state index in [0.717, 1.165) is 29.6 Å². The fourth-order valence-corrected chi connectivity index (χ4v) is 5.73. The molecular weight excluding hydrogens is 244 g/mol. The van der Waals surface area contributed by atoms with Gasteiger partial charge in [0.25, 0.3) is 0 Å². The van der Waals surface area contributed by atoms with Gasteiger partial charge in [0.05, 0.1) is 12.2 Å². The topological polar surface area (TPSA) is 9.23 Å². The SMILES string of the molecule is CCC1CCC2C(CCC3CC(OC(C)C)CCC32)C1. The van der Waals surface area contributed by atoms with Crippen LogP contribution < -0.4 is 0 Å². The minimum absolute atomic E-state index is 0.410. The first kappa shape index (κ1) is 14.9. The number of hydrogen-bond acceptors (Lipinski definition) is 1. The molecule has 3 aliphatic rings. The summed E-state index contributed by atoms with van der Waals surface area (Å²) in [5.74, 6) is 5.26. The minimum Gasteiger partial charge on any atom is -0.376 e. The van der Waals surface area contributed by atoms with Crippen LogP contribution in [-0.2, 0) is 4.74 Å². The standard InChI is InChI=1S/C19H34O/c1-4-14-5-9-18-15(11-14)6-7-16-12-17(20-13(2)3)8-10-19(16)18/h13-19H,4-12H2,1-3H3. The van der Waals surface area contributed by atoms with Gasteiger partial charge in [-0.25, -0.2) is 0 Å². The normalized spacial score (nSPS) is 45.0. The molecule has 3 rings (SSSR count). The quantitative estimate of drug-likeness (QED) is 0.668. The molecule has 0 bridgehead atoms. The molecule has 0 radical (unpaired) electrons. The Kier molecular flexibility index (Phi) is 4.75. The molecule has 6 unspecified atom stereocenters. The third kappa shape index (κ3) is 3.08. The maximum atomic E-state index is 6.11. The third-order valence-corrected chi connectivity index (χ3v) is 6.64. The van der Waals surface area contributed by atoms with Gasteiger partial charge < -0.3 is 4.74 Å². The molecule has 0 amide bonds. The van der Waals surface area contributed by atoms with Crippen molar-refractivity contribution in [2.75, 3.05) is 0 Å². The van der Waals surface area contributed by atoms with Crippen molar-refractivity contribution >= 4 is 0 Å². The minimum atomic E-state index is 0.410. The summed E-state index contributed by atoms with van der Waals surface area (Å²) in [6.45, 7) is 6.77. The van der Waals surface area contributed by atoms with Gasteiger partial charge in [-0.15, -0.1) is 0 Å². The Labute approximate surface area is 125 Å². The molecule has 1 heteroatoms. The molecule has 0 aliphatic heterocycles. The highest BCUT2D eigenvalue weighted by Gasteiger charge is 2.44. The van der Waals surface area contributed by atoms with Gasteiger partial charge in [0, 0.05) is 0 Å². The first-order valence-electron chi connectivity index (χ1n) is 9.32. The van der Waals surface area contributed by atoms with E-state index in [1.165, 1.54) is 44.9 Å². The highest BCUT2D eigenvalue weighted by molar-refractivity contribution is 4.94. The Morgan fingerprint density at radius 2 is 1.50 bits per heavy atom. The van der Waals surface area contributed by atoms with E-state index in [9.17, 15) is 0 Å². The molecule has 1 nitrogen and oxygen atoms in total. The summed E-state index contributed by atoms with van der Waals surface area (Å²) in [6, 6.07) is 0. The Bertz CT molecular complexity index is 311. The zero-order chi connectivity index (χ0) is 14.1. The van der Waals surface area contributed by atoms with Crippen LogP contribution in [0.2, 0.25) is 0 Å². The van der Waals surface area contributed by atoms with E-state index in [1.807, 2.05) is 0 Å². The molecule has 0 aromatic heterocycles. The van der Waals surface area contributed by atoms with E-state index in [1.54, 1.807) is 12.8 Å². The fourth-order valence-electron chi connectivity index (χ4n) is 5.73. The van der Waals surface area contributed by atoms with Crippen LogP contribution in [0.5, 0.6) is 0 Å². The van der Waals surface area contributed by atoms with Crippen LogP contribution in [-0.4, -0.2) is 12.2 Å². The van der Waals surface area contributed by atoms with Crippen molar-refractivity contribution in [3.63, 3.8) is 0 Å². The monoisotopic (exact) mass is 278 g/mol. The van der Waals surface area contributed by atoms with Crippen molar-refractivity contribution in [3.8, 4) is 0 Å². The van der Waals surface area contributed by atoms with Crippen LogP contribution >= 0.6 is 0 Å². The van der Waals surface area contributed by atoms with Gasteiger partial charge in [0.2, 0.25) is 0 Å². The lowest BCUT2D eigenvalue weighted by Crippen LogP contribution is -2.43. The Hall–Kier alpha value is -0.0400. The van der Waals surface area contributed by atoms with Crippen LogP contribution in [0.15, 0.2) is 0 Å². The van der Waals surface area contributed by atoms with Gasteiger partial charge in [-0.1, -0.05) is 19.8 Å². The molecule has 3 saturated carbocycles. The van der Waals surface area contributed by atoms with Gasteiger partial charge in [0.1, 0.15) is 0 Å². The van der Waals surface area contributed by atoms with Crippen LogP contribution in [0.4, 0.5) is 0 Å².